The minimum atomic E-state index is 0. The van der Waals surface area contributed by atoms with Crippen molar-refractivity contribution in [1.82, 2.24) is 5.32 Å². The van der Waals surface area contributed by atoms with Gasteiger partial charge in [-0.25, -0.2) is 0 Å². The van der Waals surface area contributed by atoms with Crippen LogP contribution in [0, 0.1) is 0 Å². The molecule has 0 aliphatic carbocycles. The summed E-state index contributed by atoms with van der Waals surface area (Å²) in [4.78, 5) is 0. The number of nitrogens with one attached hydrogen (secondary N) is 1. The second-order valence-electron chi connectivity index (χ2n) is 7.06. The number of hydrogen-bond donors (Lipinski definition) is 1. The molecule has 0 radical (unpaired) electrons. The maximum absolute atomic E-state index is 6.51. The fraction of sp³-hybridized carbons (Fsp3) is 0.500. The number of hydrogen-bond acceptors (Lipinski definition) is 3. The van der Waals surface area contributed by atoms with Gasteiger partial charge >= 0.3 is 0 Å². The van der Waals surface area contributed by atoms with Gasteiger partial charge in [-0.3, -0.25) is 0 Å². The largest absolute Gasteiger partial charge is 0.490 e. The van der Waals surface area contributed by atoms with Crippen LogP contribution in [0.4, 0.5) is 0 Å². The van der Waals surface area contributed by atoms with Gasteiger partial charge in [0, 0.05) is 6.54 Å². The number of rotatable bonds is 14. The second kappa shape index (κ2) is 15.4. The average molecular weight is 440 g/mol. The first kappa shape index (κ1) is 25.6. The van der Waals surface area contributed by atoms with Gasteiger partial charge in [-0.05, 0) is 43.1 Å². The van der Waals surface area contributed by atoms with Gasteiger partial charge in [-0.1, -0.05) is 81.0 Å². The molecule has 29 heavy (non-hydrogen) atoms. The van der Waals surface area contributed by atoms with E-state index in [9.17, 15) is 0 Å². The highest BCUT2D eigenvalue weighted by Gasteiger charge is 2.13. The Bertz CT molecular complexity index is 680. The van der Waals surface area contributed by atoms with E-state index in [4.69, 9.17) is 21.1 Å². The van der Waals surface area contributed by atoms with Crippen LogP contribution in [0.3, 0.4) is 0 Å². The summed E-state index contributed by atoms with van der Waals surface area (Å²) in [7, 11) is 0. The van der Waals surface area contributed by atoms with E-state index >= 15 is 0 Å². The third kappa shape index (κ3) is 9.75. The van der Waals surface area contributed by atoms with Gasteiger partial charge in [0.2, 0.25) is 0 Å². The molecule has 2 rings (SSSR count). The fourth-order valence-electron chi connectivity index (χ4n) is 3.12. The molecule has 0 unspecified atom stereocenters. The van der Waals surface area contributed by atoms with Crippen LogP contribution >= 0.6 is 24.0 Å². The van der Waals surface area contributed by atoms with Crippen LogP contribution in [0.2, 0.25) is 5.02 Å². The van der Waals surface area contributed by atoms with Crippen molar-refractivity contribution < 1.29 is 9.47 Å². The Morgan fingerprint density at radius 1 is 0.862 bits per heavy atom. The molecule has 2 aromatic carbocycles. The Labute approximate surface area is 187 Å². The summed E-state index contributed by atoms with van der Waals surface area (Å²) < 4.78 is 11.8. The molecule has 162 valence electrons. The summed E-state index contributed by atoms with van der Waals surface area (Å²) in [6.45, 7) is 7.08. The van der Waals surface area contributed by atoms with E-state index in [1.807, 2.05) is 49.4 Å². The van der Waals surface area contributed by atoms with Crippen LogP contribution in [-0.2, 0) is 13.2 Å². The van der Waals surface area contributed by atoms with E-state index in [0.717, 1.165) is 24.2 Å². The highest BCUT2D eigenvalue weighted by Crippen LogP contribution is 2.37. The molecule has 0 aliphatic rings. The van der Waals surface area contributed by atoms with E-state index in [2.05, 4.69) is 12.2 Å². The van der Waals surface area contributed by atoms with Gasteiger partial charge in [0.05, 0.1) is 11.6 Å². The molecule has 0 fully saturated rings. The lowest BCUT2D eigenvalue weighted by molar-refractivity contribution is 0.269. The molecule has 1 N–H and O–H groups in total. The molecule has 0 aliphatic heterocycles. The van der Waals surface area contributed by atoms with Crippen molar-refractivity contribution in [1.29, 1.82) is 0 Å². The summed E-state index contributed by atoms with van der Waals surface area (Å²) in [5.41, 5.74) is 2.22. The van der Waals surface area contributed by atoms with E-state index in [-0.39, 0.29) is 12.4 Å². The Kier molecular flexibility index (Phi) is 13.6. The van der Waals surface area contributed by atoms with Crippen molar-refractivity contribution in [2.75, 3.05) is 13.2 Å². The van der Waals surface area contributed by atoms with Gasteiger partial charge in [0.1, 0.15) is 6.61 Å². The fourth-order valence-corrected chi connectivity index (χ4v) is 3.41. The quantitative estimate of drug-likeness (QED) is 0.315. The number of ether oxygens (including phenoxy) is 2. The molecule has 5 heteroatoms. The van der Waals surface area contributed by atoms with E-state index in [1.54, 1.807) is 0 Å². The van der Waals surface area contributed by atoms with Crippen molar-refractivity contribution in [2.45, 2.75) is 65.5 Å². The van der Waals surface area contributed by atoms with Gasteiger partial charge in [-0.15, -0.1) is 12.4 Å². The van der Waals surface area contributed by atoms with Gasteiger partial charge in [0.15, 0.2) is 11.5 Å². The van der Waals surface area contributed by atoms with Gasteiger partial charge in [-0.2, -0.15) is 0 Å². The Morgan fingerprint density at radius 3 is 2.31 bits per heavy atom. The molecule has 0 saturated heterocycles. The maximum atomic E-state index is 6.51. The summed E-state index contributed by atoms with van der Waals surface area (Å²) in [6, 6.07) is 14.1. The van der Waals surface area contributed by atoms with Crippen molar-refractivity contribution in [2.24, 2.45) is 0 Å². The van der Waals surface area contributed by atoms with Crippen LogP contribution in [0.5, 0.6) is 11.5 Å². The van der Waals surface area contributed by atoms with E-state index < -0.39 is 0 Å². The number of halogens is 2. The maximum Gasteiger partial charge on any atom is 0.180 e. The van der Waals surface area contributed by atoms with Crippen molar-refractivity contribution >= 4 is 24.0 Å². The van der Waals surface area contributed by atoms with Crippen LogP contribution in [0.15, 0.2) is 42.5 Å². The first-order chi connectivity index (χ1) is 13.7. The van der Waals surface area contributed by atoms with Gasteiger partial charge < -0.3 is 14.8 Å². The molecular weight excluding hydrogens is 405 g/mol. The summed E-state index contributed by atoms with van der Waals surface area (Å²) in [6.07, 6.45) is 7.85. The molecular formula is C24H35Cl2NO2. The van der Waals surface area contributed by atoms with Crippen LogP contribution in [0.1, 0.15) is 63.5 Å². The standard InChI is InChI=1S/C24H34ClNO2.ClH/c1-3-5-6-7-8-12-15-26-18-21-16-22(25)24(23(17-21)27-4-2)28-19-20-13-10-9-11-14-20;/h9-11,13-14,16-17,26H,3-8,12,15,18-19H2,1-2H3;1H. The molecule has 0 saturated carbocycles. The highest BCUT2D eigenvalue weighted by atomic mass is 35.5. The molecule has 2 aromatic rings. The Hall–Kier alpha value is -1.42. The zero-order valence-corrected chi connectivity index (χ0v) is 19.3. The van der Waals surface area contributed by atoms with Crippen LogP contribution in [-0.4, -0.2) is 13.2 Å². The second-order valence-corrected chi connectivity index (χ2v) is 7.46. The third-order valence-corrected chi connectivity index (χ3v) is 4.91. The number of benzene rings is 2. The topological polar surface area (TPSA) is 30.5 Å². The monoisotopic (exact) mass is 439 g/mol. The molecule has 3 nitrogen and oxygen atoms in total. The number of unbranched alkanes of at least 4 members (excludes halogenated alkanes) is 5. The summed E-state index contributed by atoms with van der Waals surface area (Å²) >= 11 is 6.51. The van der Waals surface area contributed by atoms with Crippen molar-refractivity contribution in [3.05, 3.63) is 58.6 Å². The minimum absolute atomic E-state index is 0. The predicted octanol–water partition coefficient (Wildman–Crippen LogP) is 7.19. The molecule has 0 amide bonds. The van der Waals surface area contributed by atoms with Crippen molar-refractivity contribution in [3.63, 3.8) is 0 Å². The zero-order valence-electron chi connectivity index (χ0n) is 17.7. The Balaban J connectivity index is 0.00000420. The molecule has 0 bridgehead atoms. The highest BCUT2D eigenvalue weighted by molar-refractivity contribution is 6.32. The average Bonchev–Trinajstić information content (AvgIpc) is 2.70. The van der Waals surface area contributed by atoms with Crippen molar-refractivity contribution in [3.8, 4) is 11.5 Å². The lowest BCUT2D eigenvalue weighted by atomic mass is 10.1. The predicted molar refractivity (Wildman–Crippen MR) is 126 cm³/mol. The summed E-state index contributed by atoms with van der Waals surface area (Å²) in [5.74, 6) is 1.33. The third-order valence-electron chi connectivity index (χ3n) is 4.63. The molecule has 0 aromatic heterocycles. The van der Waals surface area contributed by atoms with Crippen LogP contribution < -0.4 is 14.8 Å². The smallest absolute Gasteiger partial charge is 0.180 e. The molecule has 0 spiro atoms. The Morgan fingerprint density at radius 2 is 1.59 bits per heavy atom. The molecule has 0 atom stereocenters. The zero-order chi connectivity index (χ0) is 20.0. The minimum Gasteiger partial charge on any atom is -0.490 e. The normalized spacial score (nSPS) is 10.4. The lowest BCUT2D eigenvalue weighted by Crippen LogP contribution is -2.15. The lowest BCUT2D eigenvalue weighted by Gasteiger charge is -2.16. The van der Waals surface area contributed by atoms with Gasteiger partial charge in [0.25, 0.3) is 0 Å². The first-order valence-corrected chi connectivity index (χ1v) is 10.9. The first-order valence-electron chi connectivity index (χ1n) is 10.6. The molecule has 0 heterocycles. The van der Waals surface area contributed by atoms with E-state index in [0.29, 0.717) is 29.7 Å². The SMILES string of the molecule is CCCCCCCCNCc1cc(Cl)c(OCc2ccccc2)c(OCC)c1.Cl. The van der Waals surface area contributed by atoms with E-state index in [1.165, 1.54) is 38.5 Å². The summed E-state index contributed by atoms with van der Waals surface area (Å²) in [5, 5.41) is 4.11. The van der Waals surface area contributed by atoms with Crippen LogP contribution in [0.25, 0.3) is 0 Å².